The van der Waals surface area contributed by atoms with E-state index < -0.39 is 0 Å². The number of rotatable bonds is 5. The van der Waals surface area contributed by atoms with Gasteiger partial charge in [-0.2, -0.15) is 0 Å². The van der Waals surface area contributed by atoms with Gasteiger partial charge in [-0.15, -0.1) is 0 Å². The molecular weight excluding hydrogens is 417 g/mol. The standard InChI is InChI=1S/C27H32FN3O2/c28-20-14-12-19(13-15-20)25-26(31(18-29-25)22-10-6-3-7-11-22)23-16-17-24(33-23)27(32)30-21-8-4-1-2-5-9-21/h12-18,21-22H,1-11H2,(H,30,32). The molecule has 1 amide bonds. The van der Waals surface area contributed by atoms with E-state index in [2.05, 4.69) is 9.88 Å². The predicted molar refractivity (Wildman–Crippen MR) is 126 cm³/mol. The number of benzene rings is 1. The molecule has 0 atom stereocenters. The van der Waals surface area contributed by atoms with Crippen LogP contribution in [0, 0.1) is 5.82 Å². The van der Waals surface area contributed by atoms with E-state index in [0.29, 0.717) is 17.6 Å². The molecule has 0 unspecified atom stereocenters. The van der Waals surface area contributed by atoms with Crippen molar-refractivity contribution < 1.29 is 13.6 Å². The lowest BCUT2D eigenvalue weighted by atomic mass is 9.95. The number of aromatic nitrogens is 2. The Kier molecular flexibility index (Phi) is 6.60. The first-order chi connectivity index (χ1) is 16.2. The van der Waals surface area contributed by atoms with E-state index in [9.17, 15) is 9.18 Å². The molecular formula is C27H32FN3O2. The molecule has 2 aliphatic rings. The van der Waals surface area contributed by atoms with Crippen LogP contribution in [0.2, 0.25) is 0 Å². The van der Waals surface area contributed by atoms with Crippen LogP contribution in [0.25, 0.3) is 22.7 Å². The Morgan fingerprint density at radius 2 is 1.58 bits per heavy atom. The van der Waals surface area contributed by atoms with Crippen LogP contribution in [0.15, 0.2) is 47.1 Å². The molecule has 0 radical (unpaired) electrons. The number of nitrogens with zero attached hydrogens (tertiary/aromatic N) is 2. The van der Waals surface area contributed by atoms with Gasteiger partial charge in [0, 0.05) is 17.6 Å². The van der Waals surface area contributed by atoms with Crippen molar-refractivity contribution in [1.82, 2.24) is 14.9 Å². The molecule has 0 spiro atoms. The number of amides is 1. The van der Waals surface area contributed by atoms with Gasteiger partial charge < -0.3 is 14.3 Å². The molecule has 5 rings (SSSR count). The predicted octanol–water partition coefficient (Wildman–Crippen LogP) is 6.91. The summed E-state index contributed by atoms with van der Waals surface area (Å²) in [5.74, 6) is 0.529. The van der Waals surface area contributed by atoms with Crippen molar-refractivity contribution in [2.24, 2.45) is 0 Å². The second-order valence-corrected chi connectivity index (χ2v) is 9.47. The molecule has 2 fully saturated rings. The Bertz CT molecular complexity index is 1070. The van der Waals surface area contributed by atoms with Gasteiger partial charge in [0.2, 0.25) is 0 Å². The number of nitrogens with one attached hydrogen (secondary N) is 1. The summed E-state index contributed by atoms with van der Waals surface area (Å²) >= 11 is 0. The Morgan fingerprint density at radius 1 is 0.909 bits per heavy atom. The van der Waals surface area contributed by atoms with E-state index in [1.165, 1.54) is 44.2 Å². The molecule has 3 aromatic rings. The zero-order valence-corrected chi connectivity index (χ0v) is 19.1. The van der Waals surface area contributed by atoms with Crippen molar-refractivity contribution in [3.63, 3.8) is 0 Å². The SMILES string of the molecule is O=C(NC1CCCCCC1)c1ccc(-c2c(-c3ccc(F)cc3)ncn2C2CCCCC2)o1. The Morgan fingerprint density at radius 3 is 2.30 bits per heavy atom. The number of carbonyl (C=O) groups is 1. The lowest BCUT2D eigenvalue weighted by molar-refractivity contribution is 0.0906. The van der Waals surface area contributed by atoms with Crippen LogP contribution in [0.4, 0.5) is 4.39 Å². The van der Waals surface area contributed by atoms with E-state index in [0.717, 1.165) is 55.5 Å². The van der Waals surface area contributed by atoms with Crippen molar-refractivity contribution in [3.8, 4) is 22.7 Å². The number of furan rings is 1. The molecule has 5 nitrogen and oxygen atoms in total. The molecule has 1 aromatic carbocycles. The van der Waals surface area contributed by atoms with Crippen LogP contribution in [0.1, 0.15) is 87.2 Å². The molecule has 1 N–H and O–H groups in total. The molecule has 0 saturated heterocycles. The zero-order valence-electron chi connectivity index (χ0n) is 19.1. The summed E-state index contributed by atoms with van der Waals surface area (Å²) in [6.45, 7) is 0. The molecule has 0 bridgehead atoms. The Labute approximate surface area is 194 Å². The third-order valence-electron chi connectivity index (χ3n) is 7.13. The molecule has 6 heteroatoms. The first kappa shape index (κ1) is 21.9. The van der Waals surface area contributed by atoms with Crippen LogP contribution in [-0.4, -0.2) is 21.5 Å². The van der Waals surface area contributed by atoms with E-state index in [1.54, 1.807) is 18.2 Å². The van der Waals surface area contributed by atoms with Gasteiger partial charge in [-0.3, -0.25) is 4.79 Å². The third-order valence-corrected chi connectivity index (χ3v) is 7.13. The molecule has 33 heavy (non-hydrogen) atoms. The first-order valence-electron chi connectivity index (χ1n) is 12.4. The highest BCUT2D eigenvalue weighted by Crippen LogP contribution is 2.38. The van der Waals surface area contributed by atoms with Gasteiger partial charge >= 0.3 is 0 Å². The van der Waals surface area contributed by atoms with Crippen molar-refractivity contribution in [2.45, 2.75) is 82.7 Å². The van der Waals surface area contributed by atoms with Crippen molar-refractivity contribution >= 4 is 5.91 Å². The van der Waals surface area contributed by atoms with E-state index in [4.69, 9.17) is 9.40 Å². The van der Waals surface area contributed by atoms with Crippen molar-refractivity contribution in [2.75, 3.05) is 0 Å². The van der Waals surface area contributed by atoms with Gasteiger partial charge in [-0.05, 0) is 62.1 Å². The zero-order chi connectivity index (χ0) is 22.6. The summed E-state index contributed by atoms with van der Waals surface area (Å²) in [7, 11) is 0. The minimum Gasteiger partial charge on any atom is -0.449 e. The topological polar surface area (TPSA) is 60.1 Å². The summed E-state index contributed by atoms with van der Waals surface area (Å²) in [5.41, 5.74) is 2.45. The summed E-state index contributed by atoms with van der Waals surface area (Å²) in [5, 5.41) is 3.17. The second-order valence-electron chi connectivity index (χ2n) is 9.47. The molecule has 2 heterocycles. The normalized spacial score (nSPS) is 18.2. The maximum atomic E-state index is 13.5. The van der Waals surface area contributed by atoms with Crippen LogP contribution >= 0.6 is 0 Å². The maximum Gasteiger partial charge on any atom is 0.287 e. The molecule has 2 saturated carbocycles. The number of hydrogen-bond acceptors (Lipinski definition) is 3. The molecule has 0 aliphatic heterocycles. The van der Waals surface area contributed by atoms with Gasteiger partial charge in [0.1, 0.15) is 11.5 Å². The van der Waals surface area contributed by atoms with Crippen molar-refractivity contribution in [1.29, 1.82) is 0 Å². The quantitative estimate of drug-likeness (QED) is 0.431. The smallest absolute Gasteiger partial charge is 0.287 e. The number of hydrogen-bond donors (Lipinski definition) is 1. The number of carbonyl (C=O) groups excluding carboxylic acids is 1. The average Bonchev–Trinajstić information content (AvgIpc) is 3.42. The van der Waals surface area contributed by atoms with Crippen LogP contribution in [0.5, 0.6) is 0 Å². The highest BCUT2D eigenvalue weighted by Gasteiger charge is 2.26. The van der Waals surface area contributed by atoms with E-state index in [1.807, 2.05) is 12.4 Å². The van der Waals surface area contributed by atoms with Gasteiger partial charge in [0.15, 0.2) is 11.5 Å². The summed E-state index contributed by atoms with van der Waals surface area (Å²) in [4.78, 5) is 17.6. The van der Waals surface area contributed by atoms with Gasteiger partial charge in [0.05, 0.1) is 12.0 Å². The van der Waals surface area contributed by atoms with Crippen molar-refractivity contribution in [3.05, 3.63) is 54.3 Å². The first-order valence-corrected chi connectivity index (χ1v) is 12.4. The molecule has 2 aliphatic carbocycles. The van der Waals surface area contributed by atoms with Gasteiger partial charge in [-0.1, -0.05) is 44.9 Å². The summed E-state index contributed by atoms with van der Waals surface area (Å²) in [6, 6.07) is 10.6. The molecule has 2 aromatic heterocycles. The Hall–Kier alpha value is -2.89. The summed E-state index contributed by atoms with van der Waals surface area (Å²) in [6.07, 6.45) is 14.6. The third kappa shape index (κ3) is 4.90. The monoisotopic (exact) mass is 449 g/mol. The van der Waals surface area contributed by atoms with Crippen LogP contribution < -0.4 is 5.32 Å². The summed E-state index contributed by atoms with van der Waals surface area (Å²) < 4.78 is 21.9. The number of halogens is 1. The molecule has 174 valence electrons. The Balaban J connectivity index is 1.46. The lowest BCUT2D eigenvalue weighted by Gasteiger charge is -2.24. The highest BCUT2D eigenvalue weighted by atomic mass is 19.1. The average molecular weight is 450 g/mol. The number of imidazole rings is 1. The maximum absolute atomic E-state index is 13.5. The van der Waals surface area contributed by atoms with Gasteiger partial charge in [-0.25, -0.2) is 9.37 Å². The minimum absolute atomic E-state index is 0.153. The van der Waals surface area contributed by atoms with Crippen LogP contribution in [0.3, 0.4) is 0 Å². The fourth-order valence-electron chi connectivity index (χ4n) is 5.33. The van der Waals surface area contributed by atoms with Crippen LogP contribution in [-0.2, 0) is 0 Å². The fraction of sp³-hybridized carbons (Fsp3) is 0.481. The lowest BCUT2D eigenvalue weighted by Crippen LogP contribution is -2.34. The largest absolute Gasteiger partial charge is 0.449 e. The van der Waals surface area contributed by atoms with Gasteiger partial charge in [0.25, 0.3) is 5.91 Å². The second kappa shape index (κ2) is 9.94. The highest BCUT2D eigenvalue weighted by molar-refractivity contribution is 5.92. The van der Waals surface area contributed by atoms with E-state index >= 15 is 0 Å². The minimum atomic E-state index is -0.275. The fourth-order valence-corrected chi connectivity index (χ4v) is 5.33. The van der Waals surface area contributed by atoms with E-state index in [-0.39, 0.29) is 17.8 Å².